The van der Waals surface area contributed by atoms with E-state index in [0.717, 1.165) is 24.7 Å². The molecule has 1 aromatic heterocycles. The van der Waals surface area contributed by atoms with Crippen molar-refractivity contribution in [2.75, 3.05) is 24.7 Å². The van der Waals surface area contributed by atoms with Crippen molar-refractivity contribution in [3.05, 3.63) is 22.4 Å². The third kappa shape index (κ3) is 4.57. The molecule has 0 saturated carbocycles. The van der Waals surface area contributed by atoms with Crippen LogP contribution in [0.3, 0.4) is 0 Å². The van der Waals surface area contributed by atoms with Gasteiger partial charge in [-0.25, -0.2) is 0 Å². The summed E-state index contributed by atoms with van der Waals surface area (Å²) in [7, 11) is 0. The molecule has 1 N–H and O–H groups in total. The van der Waals surface area contributed by atoms with Crippen molar-refractivity contribution in [3.8, 4) is 0 Å². The molecule has 0 aromatic carbocycles. The summed E-state index contributed by atoms with van der Waals surface area (Å²) in [4.78, 5) is 1.49. The van der Waals surface area contributed by atoms with E-state index in [1.807, 2.05) is 23.1 Å². The van der Waals surface area contributed by atoms with Gasteiger partial charge in [-0.05, 0) is 37.3 Å². The van der Waals surface area contributed by atoms with Gasteiger partial charge in [-0.2, -0.15) is 11.8 Å². The third-order valence-corrected chi connectivity index (χ3v) is 5.18. The molecule has 0 spiro atoms. The Balaban J connectivity index is 1.83. The van der Waals surface area contributed by atoms with E-state index >= 15 is 0 Å². The molecule has 2 heterocycles. The normalized spacial score (nSPS) is 21.9. The van der Waals surface area contributed by atoms with E-state index in [4.69, 9.17) is 4.74 Å². The molecular formula is C14H23NOS2. The maximum Gasteiger partial charge on any atom is 0.0818 e. The van der Waals surface area contributed by atoms with Crippen molar-refractivity contribution >= 4 is 23.1 Å². The van der Waals surface area contributed by atoms with Gasteiger partial charge in [0.1, 0.15) is 0 Å². The van der Waals surface area contributed by atoms with Gasteiger partial charge in [-0.3, -0.25) is 0 Å². The standard InChI is InChI=1S/C14H23NOS2/c1-2-7-15-13(14-11-17-10-8-16-14)6-5-12-4-3-9-18-12/h3-4,9,13-15H,2,5-8,10-11H2,1H3. The summed E-state index contributed by atoms with van der Waals surface area (Å²) in [5, 5.41) is 5.83. The van der Waals surface area contributed by atoms with E-state index in [1.54, 1.807) is 0 Å². The van der Waals surface area contributed by atoms with Crippen LogP contribution in [0.1, 0.15) is 24.6 Å². The molecule has 1 aliphatic heterocycles. The van der Waals surface area contributed by atoms with Crippen LogP contribution in [0, 0.1) is 0 Å². The minimum atomic E-state index is 0.398. The quantitative estimate of drug-likeness (QED) is 0.831. The first kappa shape index (κ1) is 14.4. The number of ether oxygens (including phenoxy) is 1. The van der Waals surface area contributed by atoms with E-state index in [2.05, 4.69) is 29.8 Å². The van der Waals surface area contributed by atoms with Crippen LogP contribution in [0.2, 0.25) is 0 Å². The van der Waals surface area contributed by atoms with Crippen molar-refractivity contribution in [2.24, 2.45) is 0 Å². The highest BCUT2D eigenvalue weighted by molar-refractivity contribution is 7.99. The average molecular weight is 285 g/mol. The van der Waals surface area contributed by atoms with Crippen LogP contribution in [-0.4, -0.2) is 36.8 Å². The van der Waals surface area contributed by atoms with Crippen molar-refractivity contribution in [1.82, 2.24) is 5.32 Å². The van der Waals surface area contributed by atoms with Gasteiger partial charge >= 0.3 is 0 Å². The second-order valence-corrected chi connectivity index (χ2v) is 6.84. The molecule has 1 fully saturated rings. The van der Waals surface area contributed by atoms with Gasteiger partial charge in [0.05, 0.1) is 12.7 Å². The van der Waals surface area contributed by atoms with Crippen LogP contribution in [0.4, 0.5) is 0 Å². The van der Waals surface area contributed by atoms with Gasteiger partial charge in [0.25, 0.3) is 0 Å². The number of nitrogens with one attached hydrogen (secondary N) is 1. The molecule has 2 rings (SSSR count). The number of thiophene rings is 1. The number of hydrogen-bond donors (Lipinski definition) is 1. The predicted octanol–water partition coefficient (Wildman–Crippen LogP) is 3.18. The Morgan fingerprint density at radius 2 is 2.50 bits per heavy atom. The number of thioether (sulfide) groups is 1. The molecule has 102 valence electrons. The highest BCUT2D eigenvalue weighted by Gasteiger charge is 2.24. The zero-order valence-electron chi connectivity index (χ0n) is 11.1. The number of rotatable bonds is 7. The summed E-state index contributed by atoms with van der Waals surface area (Å²) in [6, 6.07) is 4.89. The molecule has 0 aliphatic carbocycles. The van der Waals surface area contributed by atoms with Crippen molar-refractivity contribution in [1.29, 1.82) is 0 Å². The van der Waals surface area contributed by atoms with Crippen molar-refractivity contribution < 1.29 is 4.74 Å². The third-order valence-electron chi connectivity index (χ3n) is 3.23. The van der Waals surface area contributed by atoms with Crippen LogP contribution in [0.5, 0.6) is 0 Å². The maximum atomic E-state index is 5.93. The summed E-state index contributed by atoms with van der Waals surface area (Å²) >= 11 is 3.89. The lowest BCUT2D eigenvalue weighted by Crippen LogP contribution is -2.45. The highest BCUT2D eigenvalue weighted by atomic mass is 32.2. The van der Waals surface area contributed by atoms with E-state index < -0.39 is 0 Å². The van der Waals surface area contributed by atoms with Crippen LogP contribution >= 0.6 is 23.1 Å². The van der Waals surface area contributed by atoms with Crippen molar-refractivity contribution in [2.45, 2.75) is 38.3 Å². The largest absolute Gasteiger partial charge is 0.375 e. The van der Waals surface area contributed by atoms with Gasteiger partial charge in [-0.15, -0.1) is 11.3 Å². The summed E-state index contributed by atoms with van der Waals surface area (Å²) in [5.41, 5.74) is 0. The van der Waals surface area contributed by atoms with Gasteiger partial charge < -0.3 is 10.1 Å². The van der Waals surface area contributed by atoms with Gasteiger partial charge in [0, 0.05) is 22.4 Å². The Labute approximate surface area is 119 Å². The molecule has 1 saturated heterocycles. The minimum Gasteiger partial charge on any atom is -0.375 e. The molecule has 2 nitrogen and oxygen atoms in total. The number of aryl methyl sites for hydroxylation is 1. The molecular weight excluding hydrogens is 262 g/mol. The maximum absolute atomic E-state index is 5.93. The molecule has 4 heteroatoms. The molecule has 0 bridgehead atoms. The number of hydrogen-bond acceptors (Lipinski definition) is 4. The first-order chi connectivity index (χ1) is 8.90. The Morgan fingerprint density at radius 1 is 1.56 bits per heavy atom. The Bertz CT molecular complexity index is 310. The molecule has 2 unspecified atom stereocenters. The fraction of sp³-hybridized carbons (Fsp3) is 0.714. The molecule has 18 heavy (non-hydrogen) atoms. The average Bonchev–Trinajstić information content (AvgIpc) is 2.93. The predicted molar refractivity (Wildman–Crippen MR) is 81.8 cm³/mol. The Morgan fingerprint density at radius 3 is 3.17 bits per heavy atom. The molecule has 1 aliphatic rings. The highest BCUT2D eigenvalue weighted by Crippen LogP contribution is 2.20. The van der Waals surface area contributed by atoms with E-state index in [0.29, 0.717) is 12.1 Å². The first-order valence-corrected chi connectivity index (χ1v) is 8.88. The zero-order valence-corrected chi connectivity index (χ0v) is 12.7. The molecule has 2 atom stereocenters. The monoisotopic (exact) mass is 285 g/mol. The second kappa shape index (κ2) is 8.20. The SMILES string of the molecule is CCCNC(CCc1cccs1)C1CSCCO1. The minimum absolute atomic E-state index is 0.398. The lowest BCUT2D eigenvalue weighted by molar-refractivity contribution is 0.0450. The van der Waals surface area contributed by atoms with Gasteiger partial charge in [0.2, 0.25) is 0 Å². The molecule has 0 amide bonds. The smallest absolute Gasteiger partial charge is 0.0818 e. The summed E-state index contributed by atoms with van der Waals surface area (Å²) in [6.45, 7) is 4.23. The van der Waals surface area contributed by atoms with Crippen LogP contribution in [0.25, 0.3) is 0 Å². The van der Waals surface area contributed by atoms with Gasteiger partial charge in [-0.1, -0.05) is 13.0 Å². The van der Waals surface area contributed by atoms with E-state index in [1.165, 1.54) is 24.1 Å². The summed E-state index contributed by atoms with van der Waals surface area (Å²) < 4.78 is 5.93. The Hall–Kier alpha value is -0.0300. The first-order valence-electron chi connectivity index (χ1n) is 6.85. The fourth-order valence-electron chi connectivity index (χ4n) is 2.24. The molecule has 0 radical (unpaired) electrons. The summed E-state index contributed by atoms with van der Waals surface area (Å²) in [6.07, 6.45) is 3.94. The lowest BCUT2D eigenvalue weighted by atomic mass is 10.1. The topological polar surface area (TPSA) is 21.3 Å². The second-order valence-electron chi connectivity index (χ2n) is 4.66. The van der Waals surface area contributed by atoms with Crippen LogP contribution in [0.15, 0.2) is 17.5 Å². The van der Waals surface area contributed by atoms with Crippen LogP contribution < -0.4 is 5.32 Å². The van der Waals surface area contributed by atoms with Crippen LogP contribution in [-0.2, 0) is 11.2 Å². The summed E-state index contributed by atoms with van der Waals surface area (Å²) in [5.74, 6) is 2.30. The van der Waals surface area contributed by atoms with Crippen molar-refractivity contribution in [3.63, 3.8) is 0 Å². The van der Waals surface area contributed by atoms with E-state index in [-0.39, 0.29) is 0 Å². The molecule has 1 aromatic rings. The van der Waals surface area contributed by atoms with E-state index in [9.17, 15) is 0 Å². The zero-order chi connectivity index (χ0) is 12.6. The lowest BCUT2D eigenvalue weighted by Gasteiger charge is -2.31. The Kier molecular flexibility index (Phi) is 6.55. The fourth-order valence-corrected chi connectivity index (χ4v) is 3.91. The van der Waals surface area contributed by atoms with Gasteiger partial charge in [0.15, 0.2) is 0 Å².